The van der Waals surface area contributed by atoms with Crippen molar-refractivity contribution in [3.63, 3.8) is 0 Å². The molecule has 0 saturated carbocycles. The molecule has 2 nitrogen and oxygen atoms in total. The van der Waals surface area contributed by atoms with Gasteiger partial charge in [0.05, 0.1) is 6.10 Å². The van der Waals surface area contributed by atoms with Gasteiger partial charge in [0, 0.05) is 12.6 Å². The van der Waals surface area contributed by atoms with Crippen LogP contribution >= 0.6 is 0 Å². The number of hydrogen-bond acceptors (Lipinski definition) is 2. The van der Waals surface area contributed by atoms with E-state index in [0.29, 0.717) is 12.0 Å². The maximum absolute atomic E-state index is 10.5. The van der Waals surface area contributed by atoms with Gasteiger partial charge in [-0.15, -0.1) is 0 Å². The third-order valence-electron chi connectivity index (χ3n) is 4.59. The molecule has 1 aromatic carbocycles. The topological polar surface area (TPSA) is 23.5 Å². The summed E-state index contributed by atoms with van der Waals surface area (Å²) in [6.45, 7) is 8.58. The highest BCUT2D eigenvalue weighted by molar-refractivity contribution is 5.26. The standard InChI is InChI=1S/C18H29NO/c1-14(2)16-8-10-17(11-9-16)18(20)13-19-12-6-4-5-7-15(19)3/h8-11,14-15,18,20H,4-7,12-13H2,1-3H3. The normalized spacial score (nSPS) is 22.8. The molecule has 2 heteroatoms. The first kappa shape index (κ1) is 15.5. The number of hydrogen-bond donors (Lipinski definition) is 1. The zero-order valence-corrected chi connectivity index (χ0v) is 13.2. The van der Waals surface area contributed by atoms with E-state index >= 15 is 0 Å². The number of β-amino-alcohol motifs (C(OH)–C–C–N with tert-alkyl or cyclic N) is 1. The Hall–Kier alpha value is -0.860. The number of nitrogens with zero attached hydrogens (tertiary/aromatic N) is 1. The molecule has 2 rings (SSSR count). The van der Waals surface area contributed by atoms with Crippen LogP contribution in [0.5, 0.6) is 0 Å². The fraction of sp³-hybridized carbons (Fsp3) is 0.667. The molecule has 1 fully saturated rings. The smallest absolute Gasteiger partial charge is 0.0917 e. The lowest BCUT2D eigenvalue weighted by Gasteiger charge is -2.29. The van der Waals surface area contributed by atoms with E-state index in [1.165, 1.54) is 31.2 Å². The lowest BCUT2D eigenvalue weighted by atomic mass is 9.99. The Morgan fingerprint density at radius 1 is 1.10 bits per heavy atom. The Kier molecular flexibility index (Phi) is 5.62. The molecule has 2 unspecified atom stereocenters. The Morgan fingerprint density at radius 3 is 2.40 bits per heavy atom. The highest BCUT2D eigenvalue weighted by Gasteiger charge is 2.20. The van der Waals surface area contributed by atoms with Crippen molar-refractivity contribution in [3.05, 3.63) is 35.4 Å². The van der Waals surface area contributed by atoms with Gasteiger partial charge in [-0.3, -0.25) is 4.90 Å². The van der Waals surface area contributed by atoms with Gasteiger partial charge in [-0.1, -0.05) is 51.0 Å². The Balaban J connectivity index is 1.97. The van der Waals surface area contributed by atoms with Gasteiger partial charge in [0.2, 0.25) is 0 Å². The van der Waals surface area contributed by atoms with Crippen LogP contribution in [-0.2, 0) is 0 Å². The van der Waals surface area contributed by atoms with E-state index in [-0.39, 0.29) is 6.10 Å². The molecule has 0 spiro atoms. The van der Waals surface area contributed by atoms with E-state index in [1.807, 2.05) is 0 Å². The first-order chi connectivity index (χ1) is 9.58. The molecule has 0 aromatic heterocycles. The summed E-state index contributed by atoms with van der Waals surface area (Å²) in [4.78, 5) is 2.45. The van der Waals surface area contributed by atoms with Crippen LogP contribution in [0.3, 0.4) is 0 Å². The molecule has 0 bridgehead atoms. The summed E-state index contributed by atoms with van der Waals surface area (Å²) in [5, 5.41) is 10.5. The molecule has 112 valence electrons. The first-order valence-corrected chi connectivity index (χ1v) is 8.10. The van der Waals surface area contributed by atoms with Crippen molar-refractivity contribution in [1.82, 2.24) is 4.90 Å². The average Bonchev–Trinajstić information content (AvgIpc) is 2.64. The van der Waals surface area contributed by atoms with Gasteiger partial charge in [0.1, 0.15) is 0 Å². The van der Waals surface area contributed by atoms with Gasteiger partial charge in [0.25, 0.3) is 0 Å². The quantitative estimate of drug-likeness (QED) is 0.894. The van der Waals surface area contributed by atoms with Crippen molar-refractivity contribution in [2.75, 3.05) is 13.1 Å². The Morgan fingerprint density at radius 2 is 1.75 bits per heavy atom. The Bertz CT molecular complexity index is 398. The fourth-order valence-electron chi connectivity index (χ4n) is 3.04. The monoisotopic (exact) mass is 275 g/mol. The number of aliphatic hydroxyl groups excluding tert-OH is 1. The summed E-state index contributed by atoms with van der Waals surface area (Å²) in [6, 6.07) is 9.07. The molecule has 1 aliphatic heterocycles. The third-order valence-corrected chi connectivity index (χ3v) is 4.59. The highest BCUT2D eigenvalue weighted by Crippen LogP contribution is 2.22. The zero-order valence-electron chi connectivity index (χ0n) is 13.2. The summed E-state index contributed by atoms with van der Waals surface area (Å²) >= 11 is 0. The van der Waals surface area contributed by atoms with Gasteiger partial charge in [-0.05, 0) is 43.4 Å². The lowest BCUT2D eigenvalue weighted by molar-refractivity contribution is 0.0928. The zero-order chi connectivity index (χ0) is 14.5. The lowest BCUT2D eigenvalue weighted by Crippen LogP contribution is -2.36. The van der Waals surface area contributed by atoms with Crippen LogP contribution in [0.15, 0.2) is 24.3 Å². The van der Waals surface area contributed by atoms with E-state index in [4.69, 9.17) is 0 Å². The van der Waals surface area contributed by atoms with Crippen molar-refractivity contribution in [2.24, 2.45) is 0 Å². The predicted molar refractivity (Wildman–Crippen MR) is 85.0 cm³/mol. The molecule has 0 amide bonds. The molecule has 1 aliphatic rings. The summed E-state index contributed by atoms with van der Waals surface area (Å²) in [5.74, 6) is 0.548. The molecule has 0 radical (unpaired) electrons. The van der Waals surface area contributed by atoms with Crippen LogP contribution < -0.4 is 0 Å². The van der Waals surface area contributed by atoms with Crippen molar-refractivity contribution in [1.29, 1.82) is 0 Å². The van der Waals surface area contributed by atoms with Crippen molar-refractivity contribution in [3.8, 4) is 0 Å². The molecule has 0 aliphatic carbocycles. The second-order valence-electron chi connectivity index (χ2n) is 6.53. The SMILES string of the molecule is CC(C)c1ccc(C(O)CN2CCCCCC2C)cc1. The van der Waals surface area contributed by atoms with Crippen LogP contribution in [0, 0.1) is 0 Å². The molecule has 1 heterocycles. The average molecular weight is 275 g/mol. The maximum atomic E-state index is 10.5. The largest absolute Gasteiger partial charge is 0.387 e. The minimum atomic E-state index is -0.364. The van der Waals surface area contributed by atoms with Gasteiger partial charge < -0.3 is 5.11 Å². The van der Waals surface area contributed by atoms with Gasteiger partial charge in [0.15, 0.2) is 0 Å². The van der Waals surface area contributed by atoms with Crippen LogP contribution in [0.4, 0.5) is 0 Å². The van der Waals surface area contributed by atoms with Crippen molar-refractivity contribution < 1.29 is 5.11 Å². The molecule has 1 aromatic rings. The van der Waals surface area contributed by atoms with Crippen LogP contribution in [-0.4, -0.2) is 29.1 Å². The summed E-state index contributed by atoms with van der Waals surface area (Å²) in [5.41, 5.74) is 2.38. The number of aliphatic hydroxyl groups is 1. The van der Waals surface area contributed by atoms with Crippen molar-refractivity contribution >= 4 is 0 Å². The molecule has 1 N–H and O–H groups in total. The van der Waals surface area contributed by atoms with E-state index in [2.05, 4.69) is 49.9 Å². The summed E-state index contributed by atoms with van der Waals surface area (Å²) < 4.78 is 0. The maximum Gasteiger partial charge on any atom is 0.0917 e. The summed E-state index contributed by atoms with van der Waals surface area (Å²) in [7, 11) is 0. The van der Waals surface area contributed by atoms with Gasteiger partial charge in [-0.25, -0.2) is 0 Å². The molecular weight excluding hydrogens is 246 g/mol. The molecule has 2 atom stereocenters. The van der Waals surface area contributed by atoms with Gasteiger partial charge in [-0.2, -0.15) is 0 Å². The fourth-order valence-corrected chi connectivity index (χ4v) is 3.04. The van der Waals surface area contributed by atoms with Crippen LogP contribution in [0.2, 0.25) is 0 Å². The number of benzene rings is 1. The van der Waals surface area contributed by atoms with Crippen molar-refractivity contribution in [2.45, 2.75) is 64.5 Å². The number of rotatable bonds is 4. The Labute approximate surface area is 123 Å². The second-order valence-corrected chi connectivity index (χ2v) is 6.53. The van der Waals surface area contributed by atoms with Gasteiger partial charge >= 0.3 is 0 Å². The van der Waals surface area contributed by atoms with E-state index < -0.39 is 0 Å². The summed E-state index contributed by atoms with van der Waals surface area (Å²) in [6.07, 6.45) is 4.83. The molecule has 1 saturated heterocycles. The molecule has 20 heavy (non-hydrogen) atoms. The predicted octanol–water partition coefficient (Wildman–Crippen LogP) is 4.11. The van der Waals surface area contributed by atoms with E-state index in [1.54, 1.807) is 0 Å². The van der Waals surface area contributed by atoms with Crippen LogP contribution in [0.25, 0.3) is 0 Å². The minimum absolute atomic E-state index is 0.364. The minimum Gasteiger partial charge on any atom is -0.387 e. The first-order valence-electron chi connectivity index (χ1n) is 8.10. The van der Waals surface area contributed by atoms with E-state index in [9.17, 15) is 5.11 Å². The second kappa shape index (κ2) is 7.24. The third kappa shape index (κ3) is 4.07. The number of likely N-dealkylation sites (tertiary alicyclic amines) is 1. The highest BCUT2D eigenvalue weighted by atomic mass is 16.3. The molecular formula is C18H29NO. The van der Waals surface area contributed by atoms with Crippen LogP contribution in [0.1, 0.15) is 69.6 Å². The van der Waals surface area contributed by atoms with E-state index in [0.717, 1.165) is 18.7 Å².